The maximum Gasteiger partial charge on any atom is 0.187 e. The van der Waals surface area contributed by atoms with Crippen LogP contribution in [0, 0.1) is 63.5 Å². The van der Waals surface area contributed by atoms with Crippen molar-refractivity contribution >= 4 is 29.0 Å². The van der Waals surface area contributed by atoms with Crippen LogP contribution in [0.2, 0.25) is 0 Å². The minimum absolute atomic E-state index is 0.512. The van der Waals surface area contributed by atoms with Crippen LogP contribution in [0.25, 0.3) is 9.69 Å². The van der Waals surface area contributed by atoms with Gasteiger partial charge in [0.1, 0.15) is 11.5 Å². The highest BCUT2D eigenvalue weighted by atomic mass is 16.5. The molecule has 0 spiro atoms. The van der Waals surface area contributed by atoms with E-state index >= 15 is 0 Å². The van der Waals surface area contributed by atoms with Gasteiger partial charge in [0, 0.05) is 47.0 Å². The summed E-state index contributed by atoms with van der Waals surface area (Å²) >= 11 is 0. The zero-order chi connectivity index (χ0) is 39.7. The molecule has 0 atom stereocenters. The van der Waals surface area contributed by atoms with E-state index in [0.29, 0.717) is 57.5 Å². The van der Waals surface area contributed by atoms with E-state index < -0.39 is 0 Å². The molecule has 6 aromatic rings. The summed E-state index contributed by atoms with van der Waals surface area (Å²) in [6, 6.07) is 32.1. The Kier molecular flexibility index (Phi) is 14.2. The number of nitrogens with one attached hydrogen (secondary N) is 1. The van der Waals surface area contributed by atoms with E-state index in [2.05, 4.69) is 31.0 Å². The Morgan fingerprint density at radius 1 is 0.691 bits per heavy atom. The van der Waals surface area contributed by atoms with Crippen LogP contribution in [0.15, 0.2) is 109 Å². The third-order valence-corrected chi connectivity index (χ3v) is 8.10. The van der Waals surface area contributed by atoms with Gasteiger partial charge in [-0.15, -0.1) is 0 Å². The lowest BCUT2D eigenvalue weighted by Gasteiger charge is -2.15. The molecule has 2 heterocycles. The van der Waals surface area contributed by atoms with E-state index in [4.69, 9.17) is 38.9 Å². The SMILES string of the molecule is N#Cc1ccc(N)cc1.[C-]#[N+]c1ccc(Oc2c(C)ncc(C=O)c2C)cc1.[C-]#[N+]c1ccc(Oc2c(C)ncc(CNc3ccc(C#N)cc3)c2C)cc1. The molecular weight excluding hydrogens is 689 g/mol. The minimum Gasteiger partial charge on any atom is -0.455 e. The second kappa shape index (κ2) is 19.6. The van der Waals surface area contributed by atoms with Crippen molar-refractivity contribution in [2.24, 2.45) is 0 Å². The largest absolute Gasteiger partial charge is 0.455 e. The minimum atomic E-state index is 0.512. The molecule has 55 heavy (non-hydrogen) atoms. The van der Waals surface area contributed by atoms with Crippen molar-refractivity contribution < 1.29 is 14.3 Å². The average Bonchev–Trinajstić information content (AvgIpc) is 3.22. The van der Waals surface area contributed by atoms with Crippen molar-refractivity contribution in [1.29, 1.82) is 10.5 Å². The number of aromatic nitrogens is 2. The molecule has 0 radical (unpaired) electrons. The quantitative estimate of drug-likeness (QED) is 0.0886. The molecule has 4 aromatic carbocycles. The Hall–Kier alpha value is -7.99. The van der Waals surface area contributed by atoms with Gasteiger partial charge in [-0.3, -0.25) is 14.8 Å². The van der Waals surface area contributed by atoms with Gasteiger partial charge in [0.2, 0.25) is 0 Å². The Balaban J connectivity index is 0.000000207. The maximum absolute atomic E-state index is 10.9. The Morgan fingerprint density at radius 3 is 1.60 bits per heavy atom. The summed E-state index contributed by atoms with van der Waals surface area (Å²) in [7, 11) is 0. The molecule has 2 aromatic heterocycles. The van der Waals surface area contributed by atoms with Gasteiger partial charge in [-0.2, -0.15) is 10.5 Å². The molecule has 0 unspecified atom stereocenters. The number of nitriles is 2. The van der Waals surface area contributed by atoms with Crippen molar-refractivity contribution in [1.82, 2.24) is 9.97 Å². The Bertz CT molecular complexity index is 2420. The summed E-state index contributed by atoms with van der Waals surface area (Å²) in [5.74, 6) is 2.60. The number of aryl methyl sites for hydroxylation is 2. The van der Waals surface area contributed by atoms with Crippen molar-refractivity contribution in [3.8, 4) is 35.1 Å². The van der Waals surface area contributed by atoms with Crippen LogP contribution in [0.4, 0.5) is 22.7 Å². The third kappa shape index (κ3) is 11.2. The highest BCUT2D eigenvalue weighted by Crippen LogP contribution is 2.32. The van der Waals surface area contributed by atoms with E-state index in [1.807, 2.05) is 52.1 Å². The fourth-order valence-electron chi connectivity index (χ4n) is 4.90. The summed E-state index contributed by atoms with van der Waals surface area (Å²) in [5, 5.41) is 20.6. The molecule has 0 bridgehead atoms. The van der Waals surface area contributed by atoms with Gasteiger partial charge < -0.3 is 20.5 Å². The van der Waals surface area contributed by atoms with Crippen molar-refractivity contribution in [2.45, 2.75) is 34.2 Å². The topological polar surface area (TPSA) is 156 Å². The van der Waals surface area contributed by atoms with Gasteiger partial charge in [-0.05, 0) is 106 Å². The predicted octanol–water partition coefficient (Wildman–Crippen LogP) is 10.5. The summed E-state index contributed by atoms with van der Waals surface area (Å²) in [6.45, 7) is 22.1. The lowest BCUT2D eigenvalue weighted by atomic mass is 10.1. The van der Waals surface area contributed by atoms with Gasteiger partial charge >= 0.3 is 0 Å². The normalized spacial score (nSPS) is 9.60. The lowest BCUT2D eigenvalue weighted by molar-refractivity contribution is 0.112. The highest BCUT2D eigenvalue weighted by molar-refractivity contribution is 5.78. The van der Waals surface area contributed by atoms with E-state index in [0.717, 1.165) is 45.8 Å². The molecule has 0 saturated heterocycles. The first-order chi connectivity index (χ1) is 26.6. The second-order valence-corrected chi connectivity index (χ2v) is 11.9. The first-order valence-corrected chi connectivity index (χ1v) is 16.8. The number of anilines is 2. The van der Waals surface area contributed by atoms with E-state index in [9.17, 15) is 4.79 Å². The number of ether oxygens (including phenoxy) is 2. The van der Waals surface area contributed by atoms with Crippen molar-refractivity contribution in [2.75, 3.05) is 11.1 Å². The number of hydrogen-bond acceptors (Lipinski definition) is 9. The number of carbonyl (C=O) groups excluding carboxylic acids is 1. The average molecular weight is 725 g/mol. The summed E-state index contributed by atoms with van der Waals surface area (Å²) in [4.78, 5) is 26.2. The van der Waals surface area contributed by atoms with Crippen LogP contribution in [-0.2, 0) is 6.54 Å². The fourth-order valence-corrected chi connectivity index (χ4v) is 4.90. The Morgan fingerprint density at radius 2 is 1.15 bits per heavy atom. The number of benzene rings is 4. The summed E-state index contributed by atoms with van der Waals surface area (Å²) in [5.41, 5.74) is 14.2. The van der Waals surface area contributed by atoms with Gasteiger partial charge in [0.15, 0.2) is 29.2 Å². The van der Waals surface area contributed by atoms with Gasteiger partial charge in [0.05, 0.1) is 47.8 Å². The van der Waals surface area contributed by atoms with E-state index in [1.165, 1.54) is 6.20 Å². The standard InChI is InChI=1S/C22H18N4O.C15H12N2O2.C7H6N2/c1-15-18(14-26-20-6-4-17(12-23)5-7-20)13-25-16(2)22(15)27-21-10-8-19(24-3)9-11-21;1-10-12(9-18)8-17-11(2)15(10)19-14-6-4-13(16-3)5-7-14;8-5-6-1-3-7(9)4-2-6/h4-11,13,26H,14H2,1-2H3;4-9H,1-2H3;1-4H,9H2. The second-order valence-electron chi connectivity index (χ2n) is 11.9. The fraction of sp³-hybridized carbons (Fsp3) is 0.114. The first kappa shape index (κ1) is 39.8. The van der Waals surface area contributed by atoms with Gasteiger partial charge in [0.25, 0.3) is 0 Å². The number of carbonyl (C=O) groups is 1. The lowest BCUT2D eigenvalue weighted by Crippen LogP contribution is -2.04. The number of nitrogen functional groups attached to an aromatic ring is 1. The smallest absolute Gasteiger partial charge is 0.187 e. The molecule has 0 aliphatic heterocycles. The molecule has 11 nitrogen and oxygen atoms in total. The molecule has 0 fully saturated rings. The molecule has 6 rings (SSSR count). The number of pyridine rings is 2. The van der Waals surface area contributed by atoms with Gasteiger partial charge in [-0.25, -0.2) is 9.69 Å². The predicted molar refractivity (Wildman–Crippen MR) is 212 cm³/mol. The van der Waals surface area contributed by atoms with Crippen molar-refractivity contribution in [3.63, 3.8) is 0 Å². The Labute approximate surface area is 320 Å². The summed E-state index contributed by atoms with van der Waals surface area (Å²) < 4.78 is 11.8. The number of nitrogens with two attached hydrogens (primary N) is 1. The van der Waals surface area contributed by atoms with Crippen LogP contribution in [0.3, 0.4) is 0 Å². The first-order valence-electron chi connectivity index (χ1n) is 16.8. The van der Waals surface area contributed by atoms with Crippen LogP contribution < -0.4 is 20.5 Å². The maximum atomic E-state index is 10.9. The van der Waals surface area contributed by atoms with Crippen LogP contribution in [0.1, 0.15) is 49.6 Å². The zero-order valence-corrected chi connectivity index (χ0v) is 30.7. The molecular formula is C44H36N8O3. The molecule has 3 N–H and O–H groups in total. The van der Waals surface area contributed by atoms with Crippen LogP contribution in [0.5, 0.6) is 23.0 Å². The van der Waals surface area contributed by atoms with Crippen molar-refractivity contribution in [3.05, 3.63) is 177 Å². The molecule has 0 amide bonds. The zero-order valence-electron chi connectivity index (χ0n) is 30.7. The van der Waals surface area contributed by atoms with Gasteiger partial charge in [-0.1, -0.05) is 24.3 Å². The highest BCUT2D eigenvalue weighted by Gasteiger charge is 2.13. The van der Waals surface area contributed by atoms with E-state index in [-0.39, 0.29) is 0 Å². The monoisotopic (exact) mass is 724 g/mol. The number of rotatable bonds is 8. The van der Waals surface area contributed by atoms with E-state index in [1.54, 1.807) is 84.9 Å². The molecule has 11 heteroatoms. The number of nitrogens with zero attached hydrogens (tertiary/aromatic N) is 6. The molecule has 0 aliphatic rings. The van der Waals surface area contributed by atoms with Crippen LogP contribution in [-0.4, -0.2) is 16.3 Å². The number of aldehydes is 1. The third-order valence-electron chi connectivity index (χ3n) is 8.10. The van der Waals surface area contributed by atoms with Crippen LogP contribution >= 0.6 is 0 Å². The molecule has 270 valence electrons. The molecule has 0 saturated carbocycles. The number of hydrogen-bond donors (Lipinski definition) is 2. The summed E-state index contributed by atoms with van der Waals surface area (Å²) in [6.07, 6.45) is 4.14. The molecule has 0 aliphatic carbocycles.